The lowest BCUT2D eigenvalue weighted by atomic mass is 10.1. The van der Waals surface area contributed by atoms with Gasteiger partial charge in [-0.15, -0.1) is 12.4 Å². The molecular weight excluding hydrogens is 280 g/mol. The number of nitrogens with two attached hydrogens (primary N) is 1. The van der Waals surface area contributed by atoms with Gasteiger partial charge in [0.25, 0.3) is 0 Å². The molecule has 2 rings (SSSR count). The van der Waals surface area contributed by atoms with E-state index in [9.17, 15) is 4.79 Å². The van der Waals surface area contributed by atoms with Gasteiger partial charge in [-0.05, 0) is 25.7 Å². The Hall–Kier alpha value is -1.11. The van der Waals surface area contributed by atoms with E-state index in [4.69, 9.17) is 10.5 Å². The summed E-state index contributed by atoms with van der Waals surface area (Å²) in [6.45, 7) is 1.50. The topological polar surface area (TPSA) is 82.2 Å². The molecule has 1 heterocycles. The Kier molecular flexibility index (Phi) is 6.98. The number of carbonyl (C=O) groups excluding carboxylic acids is 1. The van der Waals surface area contributed by atoms with Crippen molar-refractivity contribution in [2.75, 3.05) is 19.0 Å². The van der Waals surface area contributed by atoms with Gasteiger partial charge in [0.2, 0.25) is 5.91 Å². The molecule has 1 saturated carbocycles. The van der Waals surface area contributed by atoms with Crippen LogP contribution in [0.3, 0.4) is 0 Å². The van der Waals surface area contributed by atoms with Gasteiger partial charge in [-0.3, -0.25) is 9.48 Å². The fourth-order valence-corrected chi connectivity index (χ4v) is 2.41. The molecule has 1 aliphatic carbocycles. The number of aromatic nitrogens is 2. The molecule has 1 fully saturated rings. The number of methoxy groups -OCH3 is 1. The molecule has 0 bridgehead atoms. The average Bonchev–Trinajstić information content (AvgIpc) is 2.99. The number of nitrogens with one attached hydrogen (secondary N) is 1. The predicted molar refractivity (Wildman–Crippen MR) is 79.9 cm³/mol. The predicted octanol–water partition coefficient (Wildman–Crippen LogP) is 1.41. The minimum absolute atomic E-state index is 0. The van der Waals surface area contributed by atoms with Crippen LogP contribution in [0, 0.1) is 5.92 Å². The van der Waals surface area contributed by atoms with Crippen molar-refractivity contribution < 1.29 is 9.53 Å². The van der Waals surface area contributed by atoms with E-state index in [1.54, 1.807) is 7.11 Å². The molecule has 6 nitrogen and oxygen atoms in total. The number of rotatable bonds is 6. The second-order valence-corrected chi connectivity index (χ2v) is 5.07. The molecule has 0 spiro atoms. The standard InChI is InChI=1S/C13H22N4O2.ClH/c1-19-8-2-6-17-7-5-12(16-17)15-13(18)10-3-4-11(14)9-10;/h5,7,10-11H,2-4,6,8-9,14H2,1H3,(H,15,16,18);1H. The summed E-state index contributed by atoms with van der Waals surface area (Å²) in [5.41, 5.74) is 5.82. The SMILES string of the molecule is COCCCn1ccc(NC(=O)C2CCC(N)C2)n1.Cl. The van der Waals surface area contributed by atoms with Crippen molar-refractivity contribution >= 4 is 24.1 Å². The second kappa shape index (κ2) is 8.24. The first-order chi connectivity index (χ1) is 9.19. The zero-order valence-corrected chi connectivity index (χ0v) is 12.6. The second-order valence-electron chi connectivity index (χ2n) is 5.07. The van der Waals surface area contributed by atoms with Gasteiger partial charge in [-0.1, -0.05) is 0 Å². The van der Waals surface area contributed by atoms with Crippen LogP contribution in [0.15, 0.2) is 12.3 Å². The number of nitrogens with zero attached hydrogens (tertiary/aromatic N) is 2. The van der Waals surface area contributed by atoms with Gasteiger partial charge in [-0.25, -0.2) is 0 Å². The molecule has 3 N–H and O–H groups in total. The lowest BCUT2D eigenvalue weighted by Gasteiger charge is -2.08. The molecule has 7 heteroatoms. The highest BCUT2D eigenvalue weighted by Gasteiger charge is 2.27. The maximum Gasteiger partial charge on any atom is 0.228 e. The highest BCUT2D eigenvalue weighted by atomic mass is 35.5. The number of halogens is 1. The molecule has 0 radical (unpaired) electrons. The van der Waals surface area contributed by atoms with Crippen LogP contribution in [0.2, 0.25) is 0 Å². The molecule has 114 valence electrons. The lowest BCUT2D eigenvalue weighted by Crippen LogP contribution is -2.23. The smallest absolute Gasteiger partial charge is 0.228 e. The lowest BCUT2D eigenvalue weighted by molar-refractivity contribution is -0.119. The number of anilines is 1. The van der Waals surface area contributed by atoms with Crippen LogP contribution in [0.1, 0.15) is 25.7 Å². The first-order valence-electron chi connectivity index (χ1n) is 6.78. The van der Waals surface area contributed by atoms with Gasteiger partial charge in [0.05, 0.1) is 0 Å². The van der Waals surface area contributed by atoms with Crippen molar-refractivity contribution in [2.45, 2.75) is 38.3 Å². The fourth-order valence-electron chi connectivity index (χ4n) is 2.41. The van der Waals surface area contributed by atoms with E-state index < -0.39 is 0 Å². The van der Waals surface area contributed by atoms with Crippen LogP contribution in [0.25, 0.3) is 0 Å². The van der Waals surface area contributed by atoms with E-state index in [1.165, 1.54) is 0 Å². The molecule has 20 heavy (non-hydrogen) atoms. The van der Waals surface area contributed by atoms with Crippen molar-refractivity contribution in [2.24, 2.45) is 11.7 Å². The molecule has 2 unspecified atom stereocenters. The fraction of sp³-hybridized carbons (Fsp3) is 0.692. The highest BCUT2D eigenvalue weighted by Crippen LogP contribution is 2.25. The molecular formula is C13H23ClN4O2. The van der Waals surface area contributed by atoms with E-state index in [2.05, 4.69) is 10.4 Å². The van der Waals surface area contributed by atoms with Gasteiger partial charge in [-0.2, -0.15) is 5.10 Å². The van der Waals surface area contributed by atoms with Crippen LogP contribution >= 0.6 is 12.4 Å². The quantitative estimate of drug-likeness (QED) is 0.778. The van der Waals surface area contributed by atoms with E-state index in [-0.39, 0.29) is 30.3 Å². The first-order valence-corrected chi connectivity index (χ1v) is 6.78. The van der Waals surface area contributed by atoms with Crippen LogP contribution < -0.4 is 11.1 Å². The Morgan fingerprint density at radius 1 is 1.60 bits per heavy atom. The third-order valence-electron chi connectivity index (χ3n) is 3.47. The number of hydrogen-bond donors (Lipinski definition) is 2. The van der Waals surface area contributed by atoms with Gasteiger partial charge >= 0.3 is 0 Å². The molecule has 0 saturated heterocycles. The Morgan fingerprint density at radius 2 is 2.40 bits per heavy atom. The van der Waals surface area contributed by atoms with Crippen LogP contribution in [0.5, 0.6) is 0 Å². The number of amides is 1. The van der Waals surface area contributed by atoms with Crippen LogP contribution in [-0.2, 0) is 16.1 Å². The molecule has 2 atom stereocenters. The van der Waals surface area contributed by atoms with Gasteiger partial charge in [0, 0.05) is 44.5 Å². The Labute approximate surface area is 125 Å². The number of carbonyl (C=O) groups is 1. The molecule has 0 aliphatic heterocycles. The average molecular weight is 303 g/mol. The van der Waals surface area contributed by atoms with Gasteiger partial charge < -0.3 is 15.8 Å². The summed E-state index contributed by atoms with van der Waals surface area (Å²) in [7, 11) is 1.68. The normalized spacial score (nSPS) is 21.5. The third kappa shape index (κ3) is 4.77. The Morgan fingerprint density at radius 3 is 3.05 bits per heavy atom. The van der Waals surface area contributed by atoms with Crippen LogP contribution in [0.4, 0.5) is 5.82 Å². The van der Waals surface area contributed by atoms with E-state index >= 15 is 0 Å². The van der Waals surface area contributed by atoms with Crippen LogP contribution in [-0.4, -0.2) is 35.4 Å². The Bertz CT molecular complexity index is 424. The number of ether oxygens (including phenoxy) is 1. The van der Waals surface area contributed by atoms with Gasteiger partial charge in [0.1, 0.15) is 0 Å². The maximum atomic E-state index is 12.0. The van der Waals surface area contributed by atoms with Crippen molar-refractivity contribution in [1.29, 1.82) is 0 Å². The summed E-state index contributed by atoms with van der Waals surface area (Å²) >= 11 is 0. The highest BCUT2D eigenvalue weighted by molar-refractivity contribution is 5.91. The largest absolute Gasteiger partial charge is 0.385 e. The minimum atomic E-state index is 0. The molecule has 0 aromatic carbocycles. The van der Waals surface area contributed by atoms with E-state index in [1.807, 2.05) is 16.9 Å². The number of hydrogen-bond acceptors (Lipinski definition) is 4. The summed E-state index contributed by atoms with van der Waals surface area (Å²) in [4.78, 5) is 12.0. The van der Waals surface area contributed by atoms with E-state index in [0.717, 1.165) is 32.2 Å². The molecule has 1 aromatic rings. The first kappa shape index (κ1) is 16.9. The van der Waals surface area contributed by atoms with Gasteiger partial charge in [0.15, 0.2) is 5.82 Å². The Balaban J connectivity index is 0.00000200. The summed E-state index contributed by atoms with van der Waals surface area (Å²) in [5.74, 6) is 0.687. The van der Waals surface area contributed by atoms with Crippen molar-refractivity contribution in [3.05, 3.63) is 12.3 Å². The van der Waals surface area contributed by atoms with Crippen molar-refractivity contribution in [1.82, 2.24) is 9.78 Å². The summed E-state index contributed by atoms with van der Waals surface area (Å²) in [6.07, 6.45) is 5.36. The maximum absolute atomic E-state index is 12.0. The van der Waals surface area contributed by atoms with Crippen molar-refractivity contribution in [3.8, 4) is 0 Å². The minimum Gasteiger partial charge on any atom is -0.385 e. The zero-order valence-electron chi connectivity index (χ0n) is 11.7. The monoisotopic (exact) mass is 302 g/mol. The van der Waals surface area contributed by atoms with Crippen molar-refractivity contribution in [3.63, 3.8) is 0 Å². The molecule has 1 aromatic heterocycles. The molecule has 1 aliphatic rings. The zero-order chi connectivity index (χ0) is 13.7. The summed E-state index contributed by atoms with van der Waals surface area (Å²) in [6, 6.07) is 1.99. The summed E-state index contributed by atoms with van der Waals surface area (Å²) < 4.78 is 6.80. The third-order valence-corrected chi connectivity index (χ3v) is 3.47. The van der Waals surface area contributed by atoms with E-state index in [0.29, 0.717) is 12.4 Å². The molecule has 1 amide bonds. The summed E-state index contributed by atoms with van der Waals surface area (Å²) in [5, 5.41) is 7.17. The number of aryl methyl sites for hydroxylation is 1.